The molecule has 1 N–H and O–H groups in total. The van der Waals surface area contributed by atoms with Gasteiger partial charge in [-0.15, -0.1) is 0 Å². The number of likely N-dealkylation sites (tertiary alicyclic amines) is 1. The largest absolute Gasteiger partial charge is 0.497 e. The van der Waals surface area contributed by atoms with Gasteiger partial charge >= 0.3 is 0 Å². The Balaban J connectivity index is 1.46. The molecule has 2 aromatic carbocycles. The number of nitrogens with zero attached hydrogens (tertiary/aromatic N) is 4. The molecule has 0 radical (unpaired) electrons. The number of nitrogens with one attached hydrogen (secondary N) is 1. The van der Waals surface area contributed by atoms with Crippen molar-refractivity contribution < 1.29 is 19.1 Å². The lowest BCUT2D eigenvalue weighted by atomic mass is 9.81. The number of carbonyl (C=O) groups is 3. The lowest BCUT2D eigenvalue weighted by molar-refractivity contribution is -0.137. The van der Waals surface area contributed by atoms with Crippen molar-refractivity contribution in [3.05, 3.63) is 58.7 Å². The van der Waals surface area contributed by atoms with E-state index in [4.69, 9.17) is 4.74 Å². The minimum Gasteiger partial charge on any atom is -0.497 e. The van der Waals surface area contributed by atoms with Gasteiger partial charge in [-0.2, -0.15) is 0 Å². The molecule has 0 bridgehead atoms. The van der Waals surface area contributed by atoms with Crippen molar-refractivity contribution in [3.8, 4) is 17.0 Å². The van der Waals surface area contributed by atoms with Crippen LogP contribution in [0, 0.1) is 5.92 Å². The Bertz CT molecular complexity index is 1680. The molecule has 0 atom stereocenters. The van der Waals surface area contributed by atoms with Crippen molar-refractivity contribution in [3.63, 3.8) is 0 Å². The van der Waals surface area contributed by atoms with E-state index in [-0.39, 0.29) is 23.6 Å². The summed E-state index contributed by atoms with van der Waals surface area (Å²) in [5, 5.41) is 1.15. The van der Waals surface area contributed by atoms with Crippen LogP contribution in [0.15, 0.2) is 42.0 Å². The van der Waals surface area contributed by atoms with E-state index in [1.807, 2.05) is 53.6 Å². The maximum Gasteiger partial charge on any atom is 0.262 e. The average molecular weight is 644 g/mol. The lowest BCUT2D eigenvalue weighted by Gasteiger charge is -2.33. The molecule has 1 aliphatic carbocycles. The fraction of sp³-hybridized carbons (Fsp3) is 0.472. The molecule has 46 heavy (non-hydrogen) atoms. The fourth-order valence-corrected chi connectivity index (χ4v) is 7.79. The van der Waals surface area contributed by atoms with Crippen LogP contribution >= 0.6 is 12.1 Å². The van der Waals surface area contributed by atoms with Crippen molar-refractivity contribution >= 4 is 46.8 Å². The Morgan fingerprint density at radius 3 is 2.35 bits per heavy atom. The van der Waals surface area contributed by atoms with Gasteiger partial charge in [0, 0.05) is 72.8 Å². The van der Waals surface area contributed by atoms with Gasteiger partial charge in [0.05, 0.1) is 19.3 Å². The van der Waals surface area contributed by atoms with Crippen LogP contribution in [0.1, 0.15) is 72.3 Å². The van der Waals surface area contributed by atoms with Crippen LogP contribution in [0.3, 0.4) is 0 Å². The number of ether oxygens (including phenoxy) is 1. The monoisotopic (exact) mass is 643 g/mol. The second-order valence-electron chi connectivity index (χ2n) is 13.2. The number of hydrogen-bond acceptors (Lipinski definition) is 6. The minimum atomic E-state index is -0.156. The predicted octanol–water partition coefficient (Wildman–Crippen LogP) is 5.94. The summed E-state index contributed by atoms with van der Waals surface area (Å²) in [5.74, 6) is 1.05. The second kappa shape index (κ2) is 13.5. The van der Waals surface area contributed by atoms with Crippen molar-refractivity contribution in [2.24, 2.45) is 5.92 Å². The van der Waals surface area contributed by atoms with Gasteiger partial charge in [0.25, 0.3) is 11.8 Å². The number of methoxy groups -OCH3 is 1. The van der Waals surface area contributed by atoms with Crippen LogP contribution in [0.5, 0.6) is 5.75 Å². The molecule has 10 heteroatoms. The summed E-state index contributed by atoms with van der Waals surface area (Å²) in [6.45, 7) is 1.49. The Morgan fingerprint density at radius 1 is 0.935 bits per heavy atom. The van der Waals surface area contributed by atoms with Crippen LogP contribution < -0.4 is 9.46 Å². The van der Waals surface area contributed by atoms with E-state index in [1.54, 1.807) is 26.1 Å². The first-order valence-electron chi connectivity index (χ1n) is 16.4. The zero-order valence-corrected chi connectivity index (χ0v) is 28.4. The smallest absolute Gasteiger partial charge is 0.262 e. The standard InChI is InChI=1S/C36H45N5O4S/c1-38(2)35(43)24-15-17-40(18-16-24)36(44)27-19-26-20-28(45-5)12-14-29(26)33-32(23-9-7-6-8-10-23)30-13-11-25(21-31(30)41(33)22-27)34(42)37-46-39(3)4/h11-14,19-21,23-24H,6-10,15-18,22H2,1-5H3,(H,37,42). The van der Waals surface area contributed by atoms with Crippen LogP contribution in [-0.4, -0.2) is 84.8 Å². The highest BCUT2D eigenvalue weighted by Crippen LogP contribution is 2.47. The van der Waals surface area contributed by atoms with E-state index in [2.05, 4.69) is 21.4 Å². The number of rotatable bonds is 7. The zero-order valence-electron chi connectivity index (χ0n) is 27.6. The molecular formula is C36H45N5O4S. The Labute approximate surface area is 276 Å². The third-order valence-corrected chi connectivity index (χ3v) is 10.4. The molecule has 2 aliphatic heterocycles. The lowest BCUT2D eigenvalue weighted by Crippen LogP contribution is -2.43. The maximum absolute atomic E-state index is 14.3. The number of aromatic nitrogens is 1. The van der Waals surface area contributed by atoms with Gasteiger partial charge in [0.2, 0.25) is 5.91 Å². The van der Waals surface area contributed by atoms with Crippen molar-refractivity contribution in [1.82, 2.24) is 23.4 Å². The van der Waals surface area contributed by atoms with E-state index in [0.717, 1.165) is 46.3 Å². The molecule has 9 nitrogen and oxygen atoms in total. The van der Waals surface area contributed by atoms with Crippen molar-refractivity contribution in [2.45, 2.75) is 57.4 Å². The third kappa shape index (κ3) is 6.29. The van der Waals surface area contributed by atoms with Gasteiger partial charge in [-0.25, -0.2) is 4.31 Å². The summed E-state index contributed by atoms with van der Waals surface area (Å²) < 4.78 is 12.7. The average Bonchev–Trinajstić information content (AvgIpc) is 3.28. The van der Waals surface area contributed by atoms with E-state index >= 15 is 0 Å². The topological polar surface area (TPSA) is 87.1 Å². The molecular weight excluding hydrogens is 598 g/mol. The van der Waals surface area contributed by atoms with E-state index < -0.39 is 0 Å². The summed E-state index contributed by atoms with van der Waals surface area (Å²) >= 11 is 1.25. The van der Waals surface area contributed by atoms with Gasteiger partial charge < -0.3 is 19.1 Å². The number of piperidine rings is 1. The molecule has 0 unspecified atom stereocenters. The van der Waals surface area contributed by atoms with Gasteiger partial charge in [-0.05, 0) is 93.2 Å². The Kier molecular flexibility index (Phi) is 9.47. The van der Waals surface area contributed by atoms with Gasteiger partial charge in [-0.1, -0.05) is 25.3 Å². The molecule has 1 saturated heterocycles. The van der Waals surface area contributed by atoms with Crippen LogP contribution in [0.2, 0.25) is 0 Å². The second-order valence-corrected chi connectivity index (χ2v) is 14.3. The maximum atomic E-state index is 14.3. The SMILES string of the molecule is COc1ccc2c(c1)C=C(C(=O)N1CCC(C(=O)N(C)C)CC1)Cn1c-2c(C2CCCCC2)c2ccc(C(=O)NSN(C)C)cc21. The Morgan fingerprint density at radius 2 is 1.67 bits per heavy atom. The molecule has 3 amide bonds. The van der Waals surface area contributed by atoms with Gasteiger partial charge in [-0.3, -0.25) is 19.1 Å². The number of hydrogen-bond donors (Lipinski definition) is 1. The highest BCUT2D eigenvalue weighted by atomic mass is 32.2. The summed E-state index contributed by atoms with van der Waals surface area (Å²) in [5.41, 5.74) is 6.73. The van der Waals surface area contributed by atoms with Crippen molar-refractivity contribution in [2.75, 3.05) is 48.4 Å². The van der Waals surface area contributed by atoms with Crippen LogP contribution in [0.4, 0.5) is 0 Å². The summed E-state index contributed by atoms with van der Waals surface area (Å²) in [4.78, 5) is 43.7. The number of fused-ring (bicyclic) bond motifs is 5. The van der Waals surface area contributed by atoms with Crippen molar-refractivity contribution in [1.29, 1.82) is 0 Å². The Hall–Kier alpha value is -3.76. The highest BCUT2D eigenvalue weighted by Gasteiger charge is 2.33. The number of benzene rings is 2. The van der Waals surface area contributed by atoms with E-state index in [0.29, 0.717) is 49.5 Å². The first-order valence-corrected chi connectivity index (χ1v) is 17.1. The molecule has 3 heterocycles. The normalized spacial score (nSPS) is 17.3. The minimum absolute atomic E-state index is 0.00489. The zero-order chi connectivity index (χ0) is 32.5. The van der Waals surface area contributed by atoms with Crippen LogP contribution in [-0.2, 0) is 16.1 Å². The highest BCUT2D eigenvalue weighted by molar-refractivity contribution is 7.95. The number of carbonyl (C=O) groups excluding carboxylic acids is 3. The van der Waals surface area contributed by atoms with E-state index in [9.17, 15) is 14.4 Å². The van der Waals surface area contributed by atoms with Crippen LogP contribution in [0.25, 0.3) is 28.2 Å². The fourth-order valence-electron chi connectivity index (χ4n) is 7.40. The molecule has 2 fully saturated rings. The summed E-state index contributed by atoms with van der Waals surface area (Å²) in [6.07, 6.45) is 9.25. The quantitative estimate of drug-likeness (QED) is 0.321. The molecule has 0 spiro atoms. The molecule has 3 aliphatic rings. The first-order chi connectivity index (χ1) is 22.2. The molecule has 6 rings (SSSR count). The summed E-state index contributed by atoms with van der Waals surface area (Å²) in [7, 11) is 9.02. The van der Waals surface area contributed by atoms with Gasteiger partial charge in [0.1, 0.15) is 5.75 Å². The number of amides is 3. The first kappa shape index (κ1) is 32.2. The predicted molar refractivity (Wildman–Crippen MR) is 184 cm³/mol. The molecule has 1 aromatic heterocycles. The summed E-state index contributed by atoms with van der Waals surface area (Å²) in [6, 6.07) is 12.2. The van der Waals surface area contributed by atoms with E-state index in [1.165, 1.54) is 37.0 Å². The third-order valence-electron chi connectivity index (χ3n) is 9.72. The molecule has 1 saturated carbocycles. The van der Waals surface area contributed by atoms with Gasteiger partial charge in [0.15, 0.2) is 0 Å². The molecule has 244 valence electrons. The molecule has 3 aromatic rings.